The van der Waals surface area contributed by atoms with Crippen molar-refractivity contribution in [1.29, 1.82) is 0 Å². The van der Waals surface area contributed by atoms with E-state index in [1.807, 2.05) is 69.2 Å². The van der Waals surface area contributed by atoms with Crippen molar-refractivity contribution in [2.24, 2.45) is 0 Å². The number of hydrogen-bond acceptors (Lipinski definition) is 2. The summed E-state index contributed by atoms with van der Waals surface area (Å²) in [5, 5.41) is 2.94. The minimum atomic E-state index is -0.0830. The molecule has 1 N–H and O–H groups in total. The summed E-state index contributed by atoms with van der Waals surface area (Å²) in [5.41, 5.74) is 4.86. The standard InChI is InChI=1S/C17H20N2O/c1-12-9-13(2)11-15(10-12)18-17(20)14-5-7-16(8-6-14)19(3)4/h5-11H,1-4H3,(H,18,20). The molecule has 1 amide bonds. The first kappa shape index (κ1) is 14.1. The van der Waals surface area contributed by atoms with Gasteiger partial charge in [0.05, 0.1) is 0 Å². The van der Waals surface area contributed by atoms with Crippen LogP contribution in [0.15, 0.2) is 42.5 Å². The van der Waals surface area contributed by atoms with Crippen molar-refractivity contribution < 1.29 is 4.79 Å². The molecule has 0 atom stereocenters. The van der Waals surface area contributed by atoms with Crippen LogP contribution in [0.3, 0.4) is 0 Å². The number of amides is 1. The quantitative estimate of drug-likeness (QED) is 0.922. The van der Waals surface area contributed by atoms with Crippen LogP contribution in [0.1, 0.15) is 21.5 Å². The summed E-state index contributed by atoms with van der Waals surface area (Å²) in [7, 11) is 3.95. The lowest BCUT2D eigenvalue weighted by Gasteiger charge is -2.13. The predicted octanol–water partition coefficient (Wildman–Crippen LogP) is 3.62. The molecule has 104 valence electrons. The Labute approximate surface area is 120 Å². The number of hydrogen-bond donors (Lipinski definition) is 1. The van der Waals surface area contributed by atoms with E-state index in [1.54, 1.807) is 0 Å². The molecule has 3 heteroatoms. The second kappa shape index (κ2) is 5.78. The van der Waals surface area contributed by atoms with Gasteiger partial charge in [-0.2, -0.15) is 0 Å². The zero-order valence-electron chi connectivity index (χ0n) is 12.4. The molecular formula is C17H20N2O. The number of nitrogens with one attached hydrogen (secondary N) is 1. The topological polar surface area (TPSA) is 32.3 Å². The number of anilines is 2. The van der Waals surface area contributed by atoms with Gasteiger partial charge < -0.3 is 10.2 Å². The minimum Gasteiger partial charge on any atom is -0.378 e. The molecule has 20 heavy (non-hydrogen) atoms. The van der Waals surface area contributed by atoms with E-state index in [9.17, 15) is 4.79 Å². The maximum Gasteiger partial charge on any atom is 0.255 e. The van der Waals surface area contributed by atoms with E-state index >= 15 is 0 Å². The summed E-state index contributed by atoms with van der Waals surface area (Å²) >= 11 is 0. The molecule has 0 spiro atoms. The smallest absolute Gasteiger partial charge is 0.255 e. The van der Waals surface area contributed by atoms with Crippen LogP contribution in [0, 0.1) is 13.8 Å². The molecule has 0 fully saturated rings. The second-order valence-electron chi connectivity index (χ2n) is 5.27. The van der Waals surface area contributed by atoms with Crippen molar-refractivity contribution in [3.8, 4) is 0 Å². The number of aryl methyl sites for hydroxylation is 2. The van der Waals surface area contributed by atoms with E-state index in [4.69, 9.17) is 0 Å². The lowest BCUT2D eigenvalue weighted by Crippen LogP contribution is -2.13. The van der Waals surface area contributed by atoms with Gasteiger partial charge in [0.2, 0.25) is 0 Å². The first-order valence-electron chi connectivity index (χ1n) is 6.63. The van der Waals surface area contributed by atoms with Crippen molar-refractivity contribution in [2.75, 3.05) is 24.3 Å². The average molecular weight is 268 g/mol. The molecular weight excluding hydrogens is 248 g/mol. The van der Waals surface area contributed by atoms with E-state index in [0.717, 1.165) is 22.5 Å². The second-order valence-corrected chi connectivity index (χ2v) is 5.27. The van der Waals surface area contributed by atoms with E-state index < -0.39 is 0 Å². The molecule has 0 heterocycles. The summed E-state index contributed by atoms with van der Waals surface area (Å²) in [6.45, 7) is 4.04. The van der Waals surface area contributed by atoms with Crippen molar-refractivity contribution in [3.63, 3.8) is 0 Å². The largest absolute Gasteiger partial charge is 0.378 e. The first-order chi connectivity index (χ1) is 9.45. The Morgan fingerprint density at radius 2 is 1.50 bits per heavy atom. The monoisotopic (exact) mass is 268 g/mol. The molecule has 0 aromatic heterocycles. The highest BCUT2D eigenvalue weighted by atomic mass is 16.1. The lowest BCUT2D eigenvalue weighted by molar-refractivity contribution is 0.102. The molecule has 2 aromatic carbocycles. The number of carbonyl (C=O) groups excluding carboxylic acids is 1. The summed E-state index contributed by atoms with van der Waals surface area (Å²) in [5.74, 6) is -0.0830. The average Bonchev–Trinajstić information content (AvgIpc) is 2.37. The van der Waals surface area contributed by atoms with Gasteiger partial charge in [0, 0.05) is 31.0 Å². The predicted molar refractivity (Wildman–Crippen MR) is 84.6 cm³/mol. The molecule has 0 saturated heterocycles. The molecule has 2 aromatic rings. The molecule has 0 radical (unpaired) electrons. The molecule has 0 aliphatic heterocycles. The first-order valence-corrected chi connectivity index (χ1v) is 6.63. The zero-order chi connectivity index (χ0) is 14.7. The zero-order valence-corrected chi connectivity index (χ0v) is 12.4. The maximum absolute atomic E-state index is 12.2. The Kier molecular flexibility index (Phi) is 4.08. The fourth-order valence-corrected chi connectivity index (χ4v) is 2.16. The number of nitrogens with zero attached hydrogens (tertiary/aromatic N) is 1. The Morgan fingerprint density at radius 1 is 0.950 bits per heavy atom. The fourth-order valence-electron chi connectivity index (χ4n) is 2.16. The Balaban J connectivity index is 2.15. The maximum atomic E-state index is 12.2. The van der Waals surface area contributed by atoms with Gasteiger partial charge in [-0.1, -0.05) is 6.07 Å². The normalized spacial score (nSPS) is 10.2. The van der Waals surface area contributed by atoms with Crippen molar-refractivity contribution in [1.82, 2.24) is 0 Å². The number of benzene rings is 2. The van der Waals surface area contributed by atoms with Gasteiger partial charge in [-0.15, -0.1) is 0 Å². The Hall–Kier alpha value is -2.29. The van der Waals surface area contributed by atoms with Crippen molar-refractivity contribution >= 4 is 17.3 Å². The molecule has 2 rings (SSSR count). The van der Waals surface area contributed by atoms with Crippen LogP contribution < -0.4 is 10.2 Å². The highest BCUT2D eigenvalue weighted by Crippen LogP contribution is 2.16. The van der Waals surface area contributed by atoms with Gasteiger partial charge >= 0.3 is 0 Å². The van der Waals surface area contributed by atoms with Crippen LogP contribution in [0.4, 0.5) is 11.4 Å². The van der Waals surface area contributed by atoms with Gasteiger partial charge in [0.1, 0.15) is 0 Å². The fraction of sp³-hybridized carbons (Fsp3) is 0.235. The summed E-state index contributed by atoms with van der Waals surface area (Å²) in [6.07, 6.45) is 0. The minimum absolute atomic E-state index is 0.0830. The van der Waals surface area contributed by atoms with Crippen LogP contribution in [0.5, 0.6) is 0 Å². The summed E-state index contributed by atoms with van der Waals surface area (Å²) in [4.78, 5) is 14.2. The van der Waals surface area contributed by atoms with Crippen LogP contribution in [0.2, 0.25) is 0 Å². The third-order valence-electron chi connectivity index (χ3n) is 3.13. The van der Waals surface area contributed by atoms with Crippen molar-refractivity contribution in [3.05, 3.63) is 59.2 Å². The van der Waals surface area contributed by atoms with Gasteiger partial charge in [-0.25, -0.2) is 0 Å². The molecule has 0 unspecified atom stereocenters. The van der Waals surface area contributed by atoms with Gasteiger partial charge in [-0.05, 0) is 61.4 Å². The Morgan fingerprint density at radius 3 is 2.00 bits per heavy atom. The summed E-state index contributed by atoms with van der Waals surface area (Å²) < 4.78 is 0. The van der Waals surface area contributed by atoms with Gasteiger partial charge in [0.25, 0.3) is 5.91 Å². The van der Waals surface area contributed by atoms with E-state index in [-0.39, 0.29) is 5.91 Å². The van der Waals surface area contributed by atoms with E-state index in [2.05, 4.69) is 11.4 Å². The summed E-state index contributed by atoms with van der Waals surface area (Å²) in [6, 6.07) is 13.6. The highest BCUT2D eigenvalue weighted by molar-refractivity contribution is 6.04. The van der Waals surface area contributed by atoms with Crippen LogP contribution in [-0.2, 0) is 0 Å². The van der Waals surface area contributed by atoms with Crippen LogP contribution in [0.25, 0.3) is 0 Å². The molecule has 0 aliphatic rings. The number of rotatable bonds is 3. The highest BCUT2D eigenvalue weighted by Gasteiger charge is 2.07. The SMILES string of the molecule is Cc1cc(C)cc(NC(=O)c2ccc(N(C)C)cc2)c1. The van der Waals surface area contributed by atoms with Crippen molar-refractivity contribution in [2.45, 2.75) is 13.8 Å². The molecule has 0 saturated carbocycles. The molecule has 0 aliphatic carbocycles. The van der Waals surface area contributed by atoms with Gasteiger partial charge in [0.15, 0.2) is 0 Å². The Bertz CT molecular complexity index is 595. The third-order valence-corrected chi connectivity index (χ3v) is 3.13. The van der Waals surface area contributed by atoms with Gasteiger partial charge in [-0.3, -0.25) is 4.79 Å². The van der Waals surface area contributed by atoms with E-state index in [0.29, 0.717) is 5.56 Å². The van der Waals surface area contributed by atoms with Crippen LogP contribution >= 0.6 is 0 Å². The van der Waals surface area contributed by atoms with Crippen LogP contribution in [-0.4, -0.2) is 20.0 Å². The lowest BCUT2D eigenvalue weighted by atomic mass is 10.1. The van der Waals surface area contributed by atoms with E-state index in [1.165, 1.54) is 0 Å². The molecule has 0 bridgehead atoms. The number of carbonyl (C=O) groups is 1. The molecule has 3 nitrogen and oxygen atoms in total. The third kappa shape index (κ3) is 3.38.